The molecule has 6 rings (SSSR count). The Hall–Kier alpha value is -4.03. The van der Waals surface area contributed by atoms with E-state index in [4.69, 9.17) is 21.7 Å². The van der Waals surface area contributed by atoms with Crippen LogP contribution in [0.3, 0.4) is 0 Å². The number of amides is 1. The molecule has 1 fully saturated rings. The van der Waals surface area contributed by atoms with Crippen molar-refractivity contribution in [2.45, 2.75) is 44.7 Å². The van der Waals surface area contributed by atoms with Gasteiger partial charge < -0.3 is 4.90 Å². The first-order valence-corrected chi connectivity index (χ1v) is 13.9. The fourth-order valence-corrected chi connectivity index (χ4v) is 5.82. The Morgan fingerprint density at radius 1 is 0.923 bits per heavy atom. The van der Waals surface area contributed by atoms with Crippen LogP contribution in [0.5, 0.6) is 0 Å². The molecule has 2 heterocycles. The van der Waals surface area contributed by atoms with Gasteiger partial charge in [-0.3, -0.25) is 9.78 Å². The van der Waals surface area contributed by atoms with Gasteiger partial charge in [-0.25, -0.2) is 9.67 Å². The third kappa shape index (κ3) is 5.43. The van der Waals surface area contributed by atoms with Crippen LogP contribution in [0.4, 0.5) is 0 Å². The molecule has 1 saturated carbocycles. The van der Waals surface area contributed by atoms with Gasteiger partial charge in [-0.2, -0.15) is 5.10 Å². The molecular weight excluding hydrogens is 506 g/mol. The normalized spacial score (nSPS) is 13.7. The van der Waals surface area contributed by atoms with Crippen LogP contribution in [0.25, 0.3) is 33.5 Å². The van der Waals surface area contributed by atoms with Gasteiger partial charge in [-0.05, 0) is 53.4 Å². The van der Waals surface area contributed by atoms with Crippen LogP contribution in [0.15, 0.2) is 91.3 Å². The number of fused-ring (bicyclic) bond motifs is 1. The Morgan fingerprint density at radius 3 is 2.49 bits per heavy atom. The van der Waals surface area contributed by atoms with E-state index in [0.29, 0.717) is 36.2 Å². The van der Waals surface area contributed by atoms with Crippen LogP contribution in [-0.2, 0) is 17.8 Å². The summed E-state index contributed by atoms with van der Waals surface area (Å²) in [7, 11) is 0. The Labute approximate surface area is 233 Å². The van der Waals surface area contributed by atoms with Gasteiger partial charge in [0.25, 0.3) is 0 Å². The number of benzene rings is 3. The Bertz CT molecular complexity index is 1590. The second kappa shape index (κ2) is 11.4. The van der Waals surface area contributed by atoms with Crippen molar-refractivity contribution in [2.75, 3.05) is 6.54 Å². The summed E-state index contributed by atoms with van der Waals surface area (Å²) in [4.78, 5) is 24.9. The Balaban J connectivity index is 1.30. The highest BCUT2D eigenvalue weighted by Crippen LogP contribution is 2.29. The highest BCUT2D eigenvalue weighted by Gasteiger charge is 2.27. The number of halogens is 1. The van der Waals surface area contributed by atoms with E-state index in [1.54, 1.807) is 12.4 Å². The molecule has 0 spiro atoms. The Kier molecular flexibility index (Phi) is 7.37. The minimum absolute atomic E-state index is 0.159. The van der Waals surface area contributed by atoms with Crippen molar-refractivity contribution in [3.63, 3.8) is 0 Å². The van der Waals surface area contributed by atoms with Gasteiger partial charge in [0.2, 0.25) is 5.91 Å². The molecule has 196 valence electrons. The summed E-state index contributed by atoms with van der Waals surface area (Å²) in [6, 6.07) is 26.2. The van der Waals surface area contributed by atoms with Crippen molar-refractivity contribution in [3.05, 3.63) is 102 Å². The van der Waals surface area contributed by atoms with E-state index >= 15 is 0 Å². The van der Waals surface area contributed by atoms with Crippen molar-refractivity contribution in [1.82, 2.24) is 24.6 Å². The van der Waals surface area contributed by atoms with Crippen molar-refractivity contribution < 1.29 is 4.79 Å². The average molecular weight is 536 g/mol. The third-order valence-electron chi connectivity index (χ3n) is 7.59. The maximum atomic E-state index is 13.9. The predicted molar refractivity (Wildman–Crippen MR) is 155 cm³/mol. The molecule has 0 aliphatic heterocycles. The highest BCUT2D eigenvalue weighted by molar-refractivity contribution is 6.33. The number of nitrogens with zero attached hydrogens (tertiary/aromatic N) is 5. The molecule has 0 saturated heterocycles. The summed E-state index contributed by atoms with van der Waals surface area (Å²) in [5.41, 5.74) is 2.77. The monoisotopic (exact) mass is 535 g/mol. The van der Waals surface area contributed by atoms with Crippen LogP contribution in [0, 0.1) is 0 Å². The molecule has 1 amide bonds. The number of carbonyl (C=O) groups excluding carboxylic acids is 1. The van der Waals surface area contributed by atoms with Gasteiger partial charge in [0.1, 0.15) is 0 Å². The number of pyridine rings is 1. The smallest absolute Gasteiger partial charge is 0.227 e. The van der Waals surface area contributed by atoms with E-state index in [1.807, 2.05) is 59.3 Å². The van der Waals surface area contributed by atoms with Crippen LogP contribution in [-0.4, -0.2) is 43.1 Å². The first kappa shape index (κ1) is 25.3. The van der Waals surface area contributed by atoms with Crippen LogP contribution >= 0.6 is 11.6 Å². The number of hydrogen-bond acceptors (Lipinski definition) is 4. The lowest BCUT2D eigenvalue weighted by Crippen LogP contribution is -2.42. The second-order valence-corrected chi connectivity index (χ2v) is 10.4. The van der Waals surface area contributed by atoms with Gasteiger partial charge >= 0.3 is 0 Å². The minimum atomic E-state index is 0.159. The zero-order chi connectivity index (χ0) is 26.6. The SMILES string of the molecule is O=C(Cc1cccc2ccccc12)N(CCn1nc(-c2ccncc2)nc1-c1ccccc1Cl)C1CCCC1. The molecule has 1 aliphatic carbocycles. The molecule has 3 aromatic carbocycles. The first-order chi connectivity index (χ1) is 19.2. The second-order valence-electron chi connectivity index (χ2n) is 10.0. The molecule has 0 radical (unpaired) electrons. The molecule has 39 heavy (non-hydrogen) atoms. The Morgan fingerprint density at radius 2 is 1.67 bits per heavy atom. The molecular formula is C32H30ClN5O. The van der Waals surface area contributed by atoms with E-state index in [1.165, 1.54) is 0 Å². The number of carbonyl (C=O) groups is 1. The van der Waals surface area contributed by atoms with E-state index in [9.17, 15) is 4.79 Å². The van der Waals surface area contributed by atoms with Gasteiger partial charge in [-0.1, -0.05) is 79.0 Å². The summed E-state index contributed by atoms with van der Waals surface area (Å²) < 4.78 is 1.89. The van der Waals surface area contributed by atoms with E-state index in [2.05, 4.69) is 34.1 Å². The largest absolute Gasteiger partial charge is 0.338 e. The topological polar surface area (TPSA) is 63.9 Å². The minimum Gasteiger partial charge on any atom is -0.338 e. The summed E-state index contributed by atoms with van der Waals surface area (Å²) in [6.07, 6.45) is 8.25. The summed E-state index contributed by atoms with van der Waals surface area (Å²) in [5, 5.41) is 7.78. The van der Waals surface area contributed by atoms with Crippen molar-refractivity contribution in [2.24, 2.45) is 0 Å². The standard InChI is InChI=1S/C32H30ClN5O/c33-29-15-6-5-14-28(29)32-35-31(24-16-18-34-19-17-24)36-38(32)21-20-37(26-11-2-3-12-26)30(39)22-25-10-7-9-23-8-1-4-13-27(23)25/h1,4-10,13-19,26H,2-3,11-12,20-22H2. The lowest BCUT2D eigenvalue weighted by molar-refractivity contribution is -0.132. The van der Waals surface area contributed by atoms with E-state index < -0.39 is 0 Å². The lowest BCUT2D eigenvalue weighted by Gasteiger charge is -2.29. The first-order valence-electron chi connectivity index (χ1n) is 13.5. The van der Waals surface area contributed by atoms with Crippen LogP contribution in [0.1, 0.15) is 31.2 Å². The maximum Gasteiger partial charge on any atom is 0.227 e. The molecule has 6 nitrogen and oxygen atoms in total. The third-order valence-corrected chi connectivity index (χ3v) is 7.91. The molecule has 1 aliphatic rings. The van der Waals surface area contributed by atoms with Crippen molar-refractivity contribution >= 4 is 28.3 Å². The van der Waals surface area contributed by atoms with Gasteiger partial charge in [0.05, 0.1) is 18.0 Å². The molecule has 0 unspecified atom stereocenters. The fourth-order valence-electron chi connectivity index (χ4n) is 5.60. The van der Waals surface area contributed by atoms with Crippen molar-refractivity contribution in [3.8, 4) is 22.8 Å². The average Bonchev–Trinajstić information content (AvgIpc) is 3.65. The van der Waals surface area contributed by atoms with Gasteiger partial charge in [-0.15, -0.1) is 0 Å². The number of rotatable bonds is 8. The van der Waals surface area contributed by atoms with Crippen LogP contribution in [0.2, 0.25) is 5.02 Å². The molecule has 0 bridgehead atoms. The molecule has 7 heteroatoms. The van der Waals surface area contributed by atoms with E-state index in [-0.39, 0.29) is 11.9 Å². The van der Waals surface area contributed by atoms with E-state index in [0.717, 1.165) is 53.1 Å². The number of hydrogen-bond donors (Lipinski definition) is 0. The predicted octanol–water partition coefficient (Wildman–Crippen LogP) is 6.83. The molecule has 5 aromatic rings. The highest BCUT2D eigenvalue weighted by atomic mass is 35.5. The zero-order valence-corrected chi connectivity index (χ0v) is 22.5. The maximum absolute atomic E-state index is 13.9. The van der Waals surface area contributed by atoms with Gasteiger partial charge in [0, 0.05) is 36.1 Å². The molecule has 2 aromatic heterocycles. The molecule has 0 atom stereocenters. The zero-order valence-electron chi connectivity index (χ0n) is 21.7. The summed E-state index contributed by atoms with van der Waals surface area (Å²) in [5.74, 6) is 1.47. The lowest BCUT2D eigenvalue weighted by atomic mass is 10.0. The summed E-state index contributed by atoms with van der Waals surface area (Å²) in [6.45, 7) is 1.08. The van der Waals surface area contributed by atoms with Gasteiger partial charge in [0.15, 0.2) is 11.6 Å². The van der Waals surface area contributed by atoms with Crippen molar-refractivity contribution in [1.29, 1.82) is 0 Å². The fraction of sp³-hybridized carbons (Fsp3) is 0.250. The quantitative estimate of drug-likeness (QED) is 0.218. The summed E-state index contributed by atoms with van der Waals surface area (Å²) >= 11 is 6.59. The number of aromatic nitrogens is 4. The van der Waals surface area contributed by atoms with Crippen LogP contribution < -0.4 is 0 Å². The molecule has 0 N–H and O–H groups in total.